The SMILES string of the molecule is N=C(N)c1ccc(CC(=O)C(=O)O)c(OC[C@@H](CC(=O)O)NC(=O)c2ccc(C(=O)N3CCCC3)cc2)c1. The summed E-state index contributed by atoms with van der Waals surface area (Å²) >= 11 is 0. The number of aliphatic carboxylic acids is 2. The zero-order chi connectivity index (χ0) is 27.8. The molecule has 1 atom stereocenters. The molecule has 3 rings (SSSR count). The van der Waals surface area contributed by atoms with Crippen molar-refractivity contribution in [2.75, 3.05) is 19.7 Å². The van der Waals surface area contributed by atoms with E-state index in [0.717, 1.165) is 12.8 Å². The highest BCUT2D eigenvalue weighted by Gasteiger charge is 2.22. The fourth-order valence-electron chi connectivity index (χ4n) is 3.94. The normalized spacial score (nSPS) is 13.4. The molecule has 2 aromatic carbocycles. The van der Waals surface area contributed by atoms with Gasteiger partial charge in [-0.25, -0.2) is 4.79 Å². The number of ether oxygens (including phenoxy) is 1. The van der Waals surface area contributed by atoms with E-state index in [1.165, 1.54) is 42.5 Å². The van der Waals surface area contributed by atoms with Gasteiger partial charge in [0.25, 0.3) is 11.8 Å². The third-order valence-corrected chi connectivity index (χ3v) is 5.95. The molecule has 1 heterocycles. The largest absolute Gasteiger partial charge is 0.491 e. The number of Topliss-reactive ketones (excluding diaryl/α,β-unsaturated/α-hetero) is 1. The number of carbonyl (C=O) groups is 5. The van der Waals surface area contributed by atoms with E-state index in [4.69, 9.17) is 21.0 Å². The summed E-state index contributed by atoms with van der Waals surface area (Å²) < 4.78 is 5.69. The van der Waals surface area contributed by atoms with E-state index in [-0.39, 0.29) is 40.8 Å². The van der Waals surface area contributed by atoms with Crippen LogP contribution in [0, 0.1) is 5.41 Å². The Bertz CT molecular complexity index is 1250. The Morgan fingerprint density at radius 3 is 2.16 bits per heavy atom. The number of nitrogen functional groups attached to an aromatic ring is 1. The van der Waals surface area contributed by atoms with Gasteiger partial charge in [-0.05, 0) is 43.2 Å². The quantitative estimate of drug-likeness (QED) is 0.153. The average Bonchev–Trinajstić information content (AvgIpc) is 3.42. The Hall–Kier alpha value is -4.74. The number of amides is 2. The van der Waals surface area contributed by atoms with Crippen molar-refractivity contribution in [3.63, 3.8) is 0 Å². The number of nitrogens with one attached hydrogen (secondary N) is 2. The highest BCUT2D eigenvalue weighted by molar-refractivity contribution is 6.33. The van der Waals surface area contributed by atoms with Gasteiger partial charge in [-0.3, -0.25) is 24.6 Å². The van der Waals surface area contributed by atoms with E-state index >= 15 is 0 Å². The summed E-state index contributed by atoms with van der Waals surface area (Å²) in [6.07, 6.45) is 0.916. The lowest BCUT2D eigenvalue weighted by atomic mass is 10.0. The first kappa shape index (κ1) is 27.8. The highest BCUT2D eigenvalue weighted by Crippen LogP contribution is 2.22. The van der Waals surface area contributed by atoms with Gasteiger partial charge in [0.2, 0.25) is 5.78 Å². The first-order valence-electron chi connectivity index (χ1n) is 11.8. The van der Waals surface area contributed by atoms with E-state index < -0.39 is 42.5 Å². The summed E-state index contributed by atoms with van der Waals surface area (Å²) in [4.78, 5) is 61.2. The molecule has 1 aliphatic rings. The second kappa shape index (κ2) is 12.5. The van der Waals surface area contributed by atoms with Crippen LogP contribution in [0.2, 0.25) is 0 Å². The zero-order valence-electron chi connectivity index (χ0n) is 20.4. The van der Waals surface area contributed by atoms with Crippen LogP contribution in [0.4, 0.5) is 0 Å². The number of carboxylic acids is 2. The van der Waals surface area contributed by atoms with Crippen molar-refractivity contribution in [2.24, 2.45) is 5.73 Å². The van der Waals surface area contributed by atoms with Crippen LogP contribution in [0.25, 0.3) is 0 Å². The van der Waals surface area contributed by atoms with Gasteiger partial charge in [-0.2, -0.15) is 0 Å². The standard InChI is InChI=1S/C26H28N4O8/c27-23(28)18-8-7-17(11-20(31)26(36)37)21(12-18)38-14-19(13-22(32)33)29-24(34)15-3-5-16(6-4-15)25(35)30-9-1-2-10-30/h3-8,12,19H,1-2,9-11,13-14H2,(H3,27,28)(H,29,34)(H,32,33)(H,36,37)/t19-/m1/s1. The second-order valence-electron chi connectivity index (χ2n) is 8.80. The van der Waals surface area contributed by atoms with Crippen LogP contribution in [-0.4, -0.2) is 76.2 Å². The van der Waals surface area contributed by atoms with Crippen LogP contribution in [0.5, 0.6) is 5.75 Å². The minimum Gasteiger partial charge on any atom is -0.491 e. The topological polar surface area (TPSA) is 200 Å². The maximum atomic E-state index is 12.8. The van der Waals surface area contributed by atoms with Gasteiger partial charge in [0.05, 0.1) is 12.5 Å². The molecule has 0 aromatic heterocycles. The molecule has 12 nitrogen and oxygen atoms in total. The monoisotopic (exact) mass is 524 g/mol. The zero-order valence-corrected chi connectivity index (χ0v) is 20.4. The van der Waals surface area contributed by atoms with Crippen molar-refractivity contribution in [1.29, 1.82) is 5.41 Å². The van der Waals surface area contributed by atoms with Gasteiger partial charge in [0.1, 0.15) is 18.2 Å². The molecule has 0 spiro atoms. The number of benzene rings is 2. The van der Waals surface area contributed by atoms with Crippen molar-refractivity contribution in [2.45, 2.75) is 31.7 Å². The molecule has 0 saturated carbocycles. The van der Waals surface area contributed by atoms with Crippen LogP contribution in [-0.2, 0) is 20.8 Å². The number of nitrogens with two attached hydrogens (primary N) is 1. The lowest BCUT2D eigenvalue weighted by molar-refractivity contribution is -0.148. The molecule has 38 heavy (non-hydrogen) atoms. The fraction of sp³-hybridized carbons (Fsp3) is 0.308. The number of carbonyl (C=O) groups excluding carboxylic acids is 3. The summed E-state index contributed by atoms with van der Waals surface area (Å²) in [7, 11) is 0. The molecule has 200 valence electrons. The third kappa shape index (κ3) is 7.38. The first-order valence-corrected chi connectivity index (χ1v) is 11.8. The molecule has 1 fully saturated rings. The van der Waals surface area contributed by atoms with Gasteiger partial charge >= 0.3 is 11.9 Å². The minimum absolute atomic E-state index is 0.0294. The average molecular weight is 525 g/mol. The molecular weight excluding hydrogens is 496 g/mol. The molecule has 12 heteroatoms. The number of ketones is 1. The second-order valence-corrected chi connectivity index (χ2v) is 8.80. The van der Waals surface area contributed by atoms with Gasteiger partial charge < -0.3 is 30.9 Å². The third-order valence-electron chi connectivity index (χ3n) is 5.95. The number of carboxylic acid groups (broad SMARTS) is 2. The summed E-state index contributed by atoms with van der Waals surface area (Å²) in [6.45, 7) is 1.05. The van der Waals surface area contributed by atoms with Crippen molar-refractivity contribution >= 4 is 35.4 Å². The fourth-order valence-corrected chi connectivity index (χ4v) is 3.94. The van der Waals surface area contributed by atoms with E-state index in [0.29, 0.717) is 18.7 Å². The molecule has 0 aliphatic carbocycles. The Morgan fingerprint density at radius 2 is 1.58 bits per heavy atom. The summed E-state index contributed by atoms with van der Waals surface area (Å²) in [5.74, 6) is -4.89. The number of nitrogens with zero attached hydrogens (tertiary/aromatic N) is 1. The molecule has 0 bridgehead atoms. The van der Waals surface area contributed by atoms with Gasteiger partial charge in [0, 0.05) is 41.8 Å². The van der Waals surface area contributed by atoms with Gasteiger partial charge in [0.15, 0.2) is 0 Å². The van der Waals surface area contributed by atoms with Crippen LogP contribution in [0.1, 0.15) is 51.1 Å². The summed E-state index contributed by atoms with van der Waals surface area (Å²) in [6, 6.07) is 9.18. The molecule has 1 saturated heterocycles. The van der Waals surface area contributed by atoms with E-state index in [2.05, 4.69) is 5.32 Å². The van der Waals surface area contributed by atoms with E-state index in [9.17, 15) is 29.1 Å². The number of hydrogen-bond donors (Lipinski definition) is 5. The molecule has 0 radical (unpaired) electrons. The Morgan fingerprint density at radius 1 is 0.974 bits per heavy atom. The summed E-state index contributed by atoms with van der Waals surface area (Å²) in [5.41, 5.74) is 6.61. The molecule has 1 aliphatic heterocycles. The van der Waals surface area contributed by atoms with Crippen molar-refractivity contribution in [3.8, 4) is 5.75 Å². The Balaban J connectivity index is 1.72. The van der Waals surface area contributed by atoms with Gasteiger partial charge in [-0.1, -0.05) is 12.1 Å². The maximum absolute atomic E-state index is 12.8. The minimum atomic E-state index is -1.63. The molecule has 2 amide bonds. The summed E-state index contributed by atoms with van der Waals surface area (Å²) in [5, 5.41) is 28.4. The molecule has 2 aromatic rings. The number of likely N-dealkylation sites (tertiary alicyclic amines) is 1. The number of rotatable bonds is 12. The maximum Gasteiger partial charge on any atom is 0.372 e. The van der Waals surface area contributed by atoms with Crippen molar-refractivity contribution in [3.05, 3.63) is 64.7 Å². The lowest BCUT2D eigenvalue weighted by Gasteiger charge is -2.20. The molecular formula is C26H28N4O8. The Labute approximate surface area is 217 Å². The smallest absolute Gasteiger partial charge is 0.372 e. The lowest BCUT2D eigenvalue weighted by Crippen LogP contribution is -2.40. The predicted octanol–water partition coefficient (Wildman–Crippen LogP) is 1.05. The molecule has 6 N–H and O–H groups in total. The Kier molecular flexibility index (Phi) is 9.14. The van der Waals surface area contributed by atoms with Crippen LogP contribution >= 0.6 is 0 Å². The number of hydrogen-bond acceptors (Lipinski definition) is 7. The van der Waals surface area contributed by atoms with Crippen LogP contribution in [0.15, 0.2) is 42.5 Å². The van der Waals surface area contributed by atoms with Crippen LogP contribution < -0.4 is 15.8 Å². The van der Waals surface area contributed by atoms with E-state index in [1.807, 2.05) is 0 Å². The van der Waals surface area contributed by atoms with Crippen molar-refractivity contribution in [1.82, 2.24) is 10.2 Å². The van der Waals surface area contributed by atoms with Gasteiger partial charge in [-0.15, -0.1) is 0 Å². The van der Waals surface area contributed by atoms with E-state index in [1.54, 1.807) is 4.90 Å². The van der Waals surface area contributed by atoms with Crippen LogP contribution in [0.3, 0.4) is 0 Å². The first-order chi connectivity index (χ1) is 18.0. The highest BCUT2D eigenvalue weighted by atomic mass is 16.5. The van der Waals surface area contributed by atoms with Crippen molar-refractivity contribution < 1.29 is 38.9 Å². The number of amidine groups is 1. The predicted molar refractivity (Wildman–Crippen MR) is 134 cm³/mol. The molecule has 0 unspecified atom stereocenters.